The molecule has 0 heterocycles. The van der Waals surface area contributed by atoms with Crippen molar-refractivity contribution >= 4 is 0 Å². The molecular weight excluding hydrogens is 188 g/mol. The first-order valence-electron chi connectivity index (χ1n) is 4.66. The van der Waals surface area contributed by atoms with Gasteiger partial charge in [0.05, 0.1) is 7.11 Å². The fourth-order valence-corrected chi connectivity index (χ4v) is 1.49. The van der Waals surface area contributed by atoms with Gasteiger partial charge in [-0.3, -0.25) is 0 Å². The lowest BCUT2D eigenvalue weighted by Gasteiger charge is -2.08. The summed E-state index contributed by atoms with van der Waals surface area (Å²) in [7, 11) is 1.61. The molecule has 0 aliphatic heterocycles. The second-order valence-electron chi connectivity index (χ2n) is 3.13. The highest BCUT2D eigenvalue weighted by Gasteiger charge is 2.08. The van der Waals surface area contributed by atoms with Crippen molar-refractivity contribution in [2.75, 3.05) is 7.11 Å². The predicted octanol–water partition coefficient (Wildman–Crippen LogP) is 2.87. The van der Waals surface area contributed by atoms with Crippen molar-refractivity contribution in [2.24, 2.45) is 0 Å². The maximum absolute atomic E-state index is 9.70. The SMILES string of the molecule is COc1ccccc1-c1[c]cccc1O. The Bertz CT molecular complexity index is 464. The van der Waals surface area contributed by atoms with E-state index < -0.39 is 0 Å². The van der Waals surface area contributed by atoms with Crippen molar-refractivity contribution in [1.82, 2.24) is 0 Å². The van der Waals surface area contributed by atoms with Gasteiger partial charge < -0.3 is 9.84 Å². The van der Waals surface area contributed by atoms with E-state index in [9.17, 15) is 5.11 Å². The largest absolute Gasteiger partial charge is 0.507 e. The van der Waals surface area contributed by atoms with E-state index in [0.29, 0.717) is 5.56 Å². The standard InChI is InChI=1S/C13H11O2/c1-15-13-9-5-3-7-11(13)10-6-2-4-8-12(10)14/h2-5,7-9,14H,1H3. The van der Waals surface area contributed by atoms with Crippen LogP contribution in [-0.2, 0) is 0 Å². The fraction of sp³-hybridized carbons (Fsp3) is 0.0769. The molecule has 2 aromatic rings. The van der Waals surface area contributed by atoms with Crippen molar-refractivity contribution < 1.29 is 9.84 Å². The van der Waals surface area contributed by atoms with E-state index >= 15 is 0 Å². The Morgan fingerprint density at radius 1 is 1.13 bits per heavy atom. The molecule has 0 atom stereocenters. The average Bonchev–Trinajstić information content (AvgIpc) is 2.30. The topological polar surface area (TPSA) is 29.5 Å². The molecule has 0 amide bonds. The number of para-hydroxylation sites is 1. The van der Waals surface area contributed by atoms with Gasteiger partial charge >= 0.3 is 0 Å². The van der Waals surface area contributed by atoms with Crippen LogP contribution in [0.5, 0.6) is 11.5 Å². The van der Waals surface area contributed by atoms with Crippen LogP contribution in [0.4, 0.5) is 0 Å². The van der Waals surface area contributed by atoms with Crippen LogP contribution in [0.25, 0.3) is 11.1 Å². The normalized spacial score (nSPS) is 9.93. The fourth-order valence-electron chi connectivity index (χ4n) is 1.49. The Hall–Kier alpha value is -1.96. The minimum Gasteiger partial charge on any atom is -0.507 e. The highest BCUT2D eigenvalue weighted by Crippen LogP contribution is 2.34. The summed E-state index contributed by atoms with van der Waals surface area (Å²) in [5, 5.41) is 9.70. The molecule has 75 valence electrons. The Balaban J connectivity index is 2.59. The summed E-state index contributed by atoms with van der Waals surface area (Å²) in [5.74, 6) is 0.942. The van der Waals surface area contributed by atoms with Gasteiger partial charge in [0.1, 0.15) is 11.5 Å². The van der Waals surface area contributed by atoms with Crippen molar-refractivity contribution in [1.29, 1.82) is 0 Å². The first-order valence-corrected chi connectivity index (χ1v) is 4.66. The molecule has 2 nitrogen and oxygen atoms in total. The van der Waals surface area contributed by atoms with E-state index in [1.165, 1.54) is 0 Å². The van der Waals surface area contributed by atoms with E-state index in [1.807, 2.05) is 24.3 Å². The number of methoxy groups -OCH3 is 1. The third kappa shape index (κ3) is 1.79. The summed E-state index contributed by atoms with van der Waals surface area (Å²) in [5.41, 5.74) is 1.51. The molecule has 0 saturated heterocycles. The van der Waals surface area contributed by atoms with Gasteiger partial charge in [-0.05, 0) is 18.2 Å². The smallest absolute Gasteiger partial charge is 0.126 e. The third-order valence-electron chi connectivity index (χ3n) is 2.21. The minimum absolute atomic E-state index is 0.210. The Morgan fingerprint density at radius 2 is 1.93 bits per heavy atom. The van der Waals surface area contributed by atoms with Crippen molar-refractivity contribution in [3.05, 3.63) is 48.5 Å². The van der Waals surface area contributed by atoms with E-state index in [-0.39, 0.29) is 5.75 Å². The lowest BCUT2D eigenvalue weighted by Crippen LogP contribution is -1.87. The number of benzene rings is 2. The Kier molecular flexibility index (Phi) is 2.59. The van der Waals surface area contributed by atoms with E-state index in [1.54, 1.807) is 25.3 Å². The van der Waals surface area contributed by atoms with Gasteiger partial charge in [-0.1, -0.05) is 30.3 Å². The molecule has 2 aromatic carbocycles. The van der Waals surface area contributed by atoms with Gasteiger partial charge in [0.15, 0.2) is 0 Å². The van der Waals surface area contributed by atoms with Crippen LogP contribution < -0.4 is 4.74 Å². The summed E-state index contributed by atoms with van der Waals surface area (Å²) in [6.45, 7) is 0. The van der Waals surface area contributed by atoms with Crippen LogP contribution in [0.3, 0.4) is 0 Å². The van der Waals surface area contributed by atoms with Gasteiger partial charge in [0, 0.05) is 11.1 Å². The first-order chi connectivity index (χ1) is 7.33. The molecule has 0 saturated carbocycles. The first kappa shape index (κ1) is 9.59. The summed E-state index contributed by atoms with van der Waals surface area (Å²) in [4.78, 5) is 0. The summed E-state index contributed by atoms with van der Waals surface area (Å²) in [6.07, 6.45) is 0. The zero-order chi connectivity index (χ0) is 10.7. The molecule has 0 aromatic heterocycles. The van der Waals surface area contributed by atoms with E-state index in [0.717, 1.165) is 11.3 Å². The van der Waals surface area contributed by atoms with Gasteiger partial charge in [0.2, 0.25) is 0 Å². The molecule has 0 aliphatic carbocycles. The highest BCUT2D eigenvalue weighted by molar-refractivity contribution is 5.74. The molecule has 2 heteroatoms. The van der Waals surface area contributed by atoms with Gasteiger partial charge in [-0.25, -0.2) is 0 Å². The molecule has 1 N–H and O–H groups in total. The van der Waals surface area contributed by atoms with Crippen LogP contribution in [0.1, 0.15) is 0 Å². The number of phenols is 1. The number of hydrogen-bond acceptors (Lipinski definition) is 2. The van der Waals surface area contributed by atoms with Crippen LogP contribution in [0, 0.1) is 6.07 Å². The quantitative estimate of drug-likeness (QED) is 0.805. The molecule has 0 spiro atoms. The second kappa shape index (κ2) is 4.05. The minimum atomic E-state index is 0.210. The third-order valence-corrected chi connectivity index (χ3v) is 2.21. The molecule has 15 heavy (non-hydrogen) atoms. The summed E-state index contributed by atoms with van der Waals surface area (Å²) < 4.78 is 5.22. The predicted molar refractivity (Wildman–Crippen MR) is 58.9 cm³/mol. The molecule has 2 rings (SSSR count). The lowest BCUT2D eigenvalue weighted by atomic mass is 10.0. The summed E-state index contributed by atoms with van der Waals surface area (Å²) >= 11 is 0. The molecule has 0 bridgehead atoms. The monoisotopic (exact) mass is 199 g/mol. The number of ether oxygens (including phenoxy) is 1. The molecule has 0 aliphatic rings. The van der Waals surface area contributed by atoms with E-state index in [2.05, 4.69) is 6.07 Å². The Labute approximate surface area is 88.8 Å². The molecular formula is C13H11O2. The van der Waals surface area contributed by atoms with Crippen molar-refractivity contribution in [2.45, 2.75) is 0 Å². The number of phenolic OH excluding ortho intramolecular Hbond substituents is 1. The highest BCUT2D eigenvalue weighted by atomic mass is 16.5. The van der Waals surface area contributed by atoms with Gasteiger partial charge in [0.25, 0.3) is 0 Å². The molecule has 0 unspecified atom stereocenters. The zero-order valence-electron chi connectivity index (χ0n) is 8.40. The number of rotatable bonds is 2. The second-order valence-corrected chi connectivity index (χ2v) is 3.13. The van der Waals surface area contributed by atoms with Crippen LogP contribution >= 0.6 is 0 Å². The van der Waals surface area contributed by atoms with Gasteiger partial charge in [-0.15, -0.1) is 0 Å². The van der Waals surface area contributed by atoms with Crippen molar-refractivity contribution in [3.8, 4) is 22.6 Å². The van der Waals surface area contributed by atoms with E-state index in [4.69, 9.17) is 4.74 Å². The van der Waals surface area contributed by atoms with Gasteiger partial charge in [-0.2, -0.15) is 0 Å². The molecule has 1 radical (unpaired) electrons. The van der Waals surface area contributed by atoms with Crippen LogP contribution in [0.15, 0.2) is 42.5 Å². The maximum Gasteiger partial charge on any atom is 0.126 e. The van der Waals surface area contributed by atoms with Crippen LogP contribution in [0.2, 0.25) is 0 Å². The molecule has 0 fully saturated rings. The summed E-state index contributed by atoms with van der Waals surface area (Å²) in [6, 6.07) is 15.7. The van der Waals surface area contributed by atoms with Crippen molar-refractivity contribution in [3.63, 3.8) is 0 Å². The maximum atomic E-state index is 9.70. The zero-order valence-corrected chi connectivity index (χ0v) is 8.40. The van der Waals surface area contributed by atoms with Crippen LogP contribution in [-0.4, -0.2) is 12.2 Å². The number of hydrogen-bond donors (Lipinski definition) is 1. The number of aromatic hydroxyl groups is 1. The average molecular weight is 199 g/mol. The lowest BCUT2D eigenvalue weighted by molar-refractivity contribution is 0.415. The Morgan fingerprint density at radius 3 is 2.67 bits per heavy atom.